The third-order valence-electron chi connectivity index (χ3n) is 2.18. The van der Waals surface area contributed by atoms with Crippen molar-refractivity contribution in [3.05, 3.63) is 0 Å². The molecule has 0 aromatic carbocycles. The maximum Gasteiger partial charge on any atom is 0.303 e. The monoisotopic (exact) mass is 232 g/mol. The zero-order valence-electron chi connectivity index (χ0n) is 10.6. The fourth-order valence-electron chi connectivity index (χ4n) is 1.26. The molecule has 0 unspecified atom stereocenters. The number of hydrogen-bond donors (Lipinski definition) is 1. The molecule has 0 saturated carbocycles. The van der Waals surface area contributed by atoms with Crippen molar-refractivity contribution >= 4 is 5.97 Å². The van der Waals surface area contributed by atoms with Gasteiger partial charge in [-0.05, 0) is 26.7 Å². The predicted octanol–water partition coefficient (Wildman–Crippen LogP) is 2.81. The highest BCUT2D eigenvalue weighted by Crippen LogP contribution is 2.15. The molecule has 16 heavy (non-hydrogen) atoms. The summed E-state index contributed by atoms with van der Waals surface area (Å²) in [6, 6.07) is 0. The molecule has 0 aromatic rings. The van der Waals surface area contributed by atoms with Crippen molar-refractivity contribution in [1.82, 2.24) is 0 Å². The van der Waals surface area contributed by atoms with Gasteiger partial charge in [-0.2, -0.15) is 0 Å². The van der Waals surface area contributed by atoms with Gasteiger partial charge in [-0.15, -0.1) is 0 Å². The zero-order valence-corrected chi connectivity index (χ0v) is 10.6. The van der Waals surface area contributed by atoms with Crippen LogP contribution in [0.1, 0.15) is 52.9 Å². The van der Waals surface area contributed by atoms with Crippen LogP contribution in [0.25, 0.3) is 0 Å². The van der Waals surface area contributed by atoms with Gasteiger partial charge in [0.25, 0.3) is 0 Å². The summed E-state index contributed by atoms with van der Waals surface area (Å²) < 4.78 is 10.5. The molecule has 0 aromatic heterocycles. The number of aliphatic carboxylic acids is 1. The van der Waals surface area contributed by atoms with Crippen molar-refractivity contribution < 1.29 is 19.4 Å². The van der Waals surface area contributed by atoms with E-state index in [2.05, 4.69) is 6.92 Å². The smallest absolute Gasteiger partial charge is 0.303 e. The van der Waals surface area contributed by atoms with Crippen LogP contribution in [0.3, 0.4) is 0 Å². The first kappa shape index (κ1) is 15.4. The Bertz CT molecular complexity index is 181. The number of unbranched alkanes of at least 4 members (excludes halogenated alkanes) is 2. The van der Waals surface area contributed by atoms with Crippen LogP contribution in [0.4, 0.5) is 0 Å². The molecule has 1 aliphatic rings. The number of carboxylic acids is 1. The molecule has 0 amide bonds. The van der Waals surface area contributed by atoms with Crippen LogP contribution in [0.2, 0.25) is 0 Å². The Morgan fingerprint density at radius 1 is 1.25 bits per heavy atom. The Labute approximate surface area is 97.9 Å². The Morgan fingerprint density at radius 3 is 2.12 bits per heavy atom. The highest BCUT2D eigenvalue weighted by atomic mass is 16.7. The summed E-state index contributed by atoms with van der Waals surface area (Å²) in [6.45, 7) is 7.61. The summed E-state index contributed by atoms with van der Waals surface area (Å²) in [7, 11) is 0. The molecule has 0 atom stereocenters. The topological polar surface area (TPSA) is 55.8 Å². The second-order valence-corrected chi connectivity index (χ2v) is 4.30. The third-order valence-corrected chi connectivity index (χ3v) is 2.18. The molecule has 0 bridgehead atoms. The van der Waals surface area contributed by atoms with Crippen molar-refractivity contribution in [1.29, 1.82) is 0 Å². The summed E-state index contributed by atoms with van der Waals surface area (Å²) >= 11 is 0. The van der Waals surface area contributed by atoms with Crippen molar-refractivity contribution in [3.63, 3.8) is 0 Å². The first-order chi connectivity index (χ1) is 7.48. The SMILES string of the molecule is CC1(C)OCCCO1.CCCCCC(=O)O. The van der Waals surface area contributed by atoms with E-state index in [0.717, 1.165) is 38.9 Å². The Kier molecular flexibility index (Phi) is 8.21. The van der Waals surface area contributed by atoms with Gasteiger partial charge >= 0.3 is 5.97 Å². The number of rotatable bonds is 4. The highest BCUT2D eigenvalue weighted by Gasteiger charge is 2.21. The number of carbonyl (C=O) groups is 1. The molecule has 0 radical (unpaired) electrons. The van der Waals surface area contributed by atoms with Crippen molar-refractivity contribution in [2.45, 2.75) is 58.7 Å². The molecule has 0 aliphatic carbocycles. The van der Waals surface area contributed by atoms with E-state index in [1.165, 1.54) is 0 Å². The van der Waals surface area contributed by atoms with Crippen LogP contribution < -0.4 is 0 Å². The van der Waals surface area contributed by atoms with Gasteiger partial charge in [-0.3, -0.25) is 4.79 Å². The van der Waals surface area contributed by atoms with Gasteiger partial charge in [-0.1, -0.05) is 19.8 Å². The first-order valence-corrected chi connectivity index (χ1v) is 5.97. The lowest BCUT2D eigenvalue weighted by Gasteiger charge is -2.29. The molecule has 0 spiro atoms. The van der Waals surface area contributed by atoms with Crippen molar-refractivity contribution in [2.24, 2.45) is 0 Å². The molecule has 1 saturated heterocycles. The van der Waals surface area contributed by atoms with E-state index in [9.17, 15) is 4.79 Å². The maximum absolute atomic E-state index is 9.87. The van der Waals surface area contributed by atoms with Crippen LogP contribution in [0.15, 0.2) is 0 Å². The maximum atomic E-state index is 9.87. The van der Waals surface area contributed by atoms with Gasteiger partial charge in [-0.25, -0.2) is 0 Å². The number of carboxylic acid groups (broad SMARTS) is 1. The molecule has 96 valence electrons. The fourth-order valence-corrected chi connectivity index (χ4v) is 1.26. The molecule has 1 N–H and O–H groups in total. The lowest BCUT2D eigenvalue weighted by atomic mass is 10.2. The quantitative estimate of drug-likeness (QED) is 0.757. The number of ether oxygens (including phenoxy) is 2. The van der Waals surface area contributed by atoms with E-state index >= 15 is 0 Å². The number of hydrogen-bond acceptors (Lipinski definition) is 3. The van der Waals surface area contributed by atoms with Crippen LogP contribution in [0, 0.1) is 0 Å². The van der Waals surface area contributed by atoms with Gasteiger partial charge in [0.1, 0.15) is 0 Å². The summed E-state index contributed by atoms with van der Waals surface area (Å²) in [5.41, 5.74) is 0. The lowest BCUT2D eigenvalue weighted by Crippen LogP contribution is -2.33. The first-order valence-electron chi connectivity index (χ1n) is 5.97. The summed E-state index contributed by atoms with van der Waals surface area (Å²) in [5, 5.41) is 8.14. The van der Waals surface area contributed by atoms with E-state index in [4.69, 9.17) is 14.6 Å². The minimum absolute atomic E-state index is 0.321. The van der Waals surface area contributed by atoms with E-state index < -0.39 is 5.97 Å². The Morgan fingerprint density at radius 2 is 1.81 bits per heavy atom. The molecule has 4 nitrogen and oxygen atoms in total. The second-order valence-electron chi connectivity index (χ2n) is 4.30. The molecular weight excluding hydrogens is 208 g/mol. The largest absolute Gasteiger partial charge is 0.481 e. The normalized spacial score (nSPS) is 18.4. The zero-order chi connectivity index (χ0) is 12.4. The van der Waals surface area contributed by atoms with Crippen LogP contribution >= 0.6 is 0 Å². The molecular formula is C12H24O4. The van der Waals surface area contributed by atoms with Gasteiger partial charge in [0.15, 0.2) is 5.79 Å². The van der Waals surface area contributed by atoms with E-state index in [1.54, 1.807) is 0 Å². The van der Waals surface area contributed by atoms with Gasteiger partial charge in [0.2, 0.25) is 0 Å². The molecule has 4 heteroatoms. The molecule has 1 rings (SSSR count). The Balaban J connectivity index is 0.000000281. The summed E-state index contributed by atoms with van der Waals surface area (Å²) in [5.74, 6) is -1.00. The van der Waals surface area contributed by atoms with Crippen molar-refractivity contribution in [2.75, 3.05) is 13.2 Å². The minimum Gasteiger partial charge on any atom is -0.481 e. The summed E-state index contributed by atoms with van der Waals surface area (Å²) in [4.78, 5) is 9.87. The molecule has 1 fully saturated rings. The van der Waals surface area contributed by atoms with Crippen LogP contribution in [-0.2, 0) is 14.3 Å². The average Bonchev–Trinajstić information content (AvgIpc) is 2.18. The van der Waals surface area contributed by atoms with E-state index in [1.807, 2.05) is 13.8 Å². The Hall–Kier alpha value is -0.610. The average molecular weight is 232 g/mol. The third kappa shape index (κ3) is 9.93. The van der Waals surface area contributed by atoms with Gasteiger partial charge < -0.3 is 14.6 Å². The standard InChI is InChI=1S/2C6H12O2/c1-6(2)7-4-3-5-8-6;1-2-3-4-5-6(7)8/h3-5H2,1-2H3;2-5H2,1H3,(H,7,8). The molecule has 1 aliphatic heterocycles. The van der Waals surface area contributed by atoms with E-state index in [-0.39, 0.29) is 5.79 Å². The predicted molar refractivity (Wildman–Crippen MR) is 62.4 cm³/mol. The van der Waals surface area contributed by atoms with Gasteiger partial charge in [0, 0.05) is 6.42 Å². The van der Waals surface area contributed by atoms with Gasteiger partial charge in [0.05, 0.1) is 13.2 Å². The van der Waals surface area contributed by atoms with Crippen LogP contribution in [-0.4, -0.2) is 30.1 Å². The van der Waals surface area contributed by atoms with Crippen molar-refractivity contribution in [3.8, 4) is 0 Å². The summed E-state index contributed by atoms with van der Waals surface area (Å²) in [6.07, 6.45) is 4.31. The minimum atomic E-state index is -0.682. The van der Waals surface area contributed by atoms with Crippen LogP contribution in [0.5, 0.6) is 0 Å². The van der Waals surface area contributed by atoms with E-state index in [0.29, 0.717) is 6.42 Å². The second kappa shape index (κ2) is 8.53. The molecule has 1 heterocycles. The highest BCUT2D eigenvalue weighted by molar-refractivity contribution is 5.66. The lowest BCUT2D eigenvalue weighted by molar-refractivity contribution is -0.244. The fraction of sp³-hybridized carbons (Fsp3) is 0.917.